The summed E-state index contributed by atoms with van der Waals surface area (Å²) in [6, 6.07) is 23.8. The average Bonchev–Trinajstić information content (AvgIpc) is 3.47. The third-order valence-electron chi connectivity index (χ3n) is 7.83. The summed E-state index contributed by atoms with van der Waals surface area (Å²) < 4.78 is 5.44. The molecule has 0 radical (unpaired) electrons. The van der Waals surface area contributed by atoms with Crippen molar-refractivity contribution in [2.24, 2.45) is 0 Å². The van der Waals surface area contributed by atoms with Gasteiger partial charge in [-0.2, -0.15) is 0 Å². The molecule has 2 aliphatic rings. The number of urea groups is 1. The first-order chi connectivity index (χ1) is 19.6. The molecule has 3 aromatic carbocycles. The molecule has 0 unspecified atom stereocenters. The number of ketones is 1. The van der Waals surface area contributed by atoms with Gasteiger partial charge in [0.05, 0.1) is 26.4 Å². The molecular weight excluding hydrogens is 506 g/mol. The van der Waals surface area contributed by atoms with E-state index in [0.29, 0.717) is 38.4 Å². The van der Waals surface area contributed by atoms with Crippen LogP contribution in [0.3, 0.4) is 0 Å². The number of carbonyl (C=O) groups is 2. The second-order valence-electron chi connectivity index (χ2n) is 10.4. The zero-order valence-electron chi connectivity index (χ0n) is 22.7. The number of aliphatic hydroxyl groups excluding tert-OH is 2. The first kappa shape index (κ1) is 28.0. The second kappa shape index (κ2) is 13.2. The third-order valence-corrected chi connectivity index (χ3v) is 7.83. The molecule has 2 aliphatic heterocycles. The van der Waals surface area contributed by atoms with Crippen molar-refractivity contribution in [1.82, 2.24) is 9.80 Å². The Hall–Kier alpha value is -3.56. The summed E-state index contributed by atoms with van der Waals surface area (Å²) in [5.41, 5.74) is 5.52. The smallest absolute Gasteiger partial charge is 0.324 e. The number of rotatable bonds is 9. The Kier molecular flexibility index (Phi) is 9.23. The quantitative estimate of drug-likeness (QED) is 0.397. The van der Waals surface area contributed by atoms with Crippen LogP contribution >= 0.6 is 0 Å². The van der Waals surface area contributed by atoms with Crippen molar-refractivity contribution in [1.29, 1.82) is 0 Å². The van der Waals surface area contributed by atoms with Gasteiger partial charge in [0.1, 0.15) is 6.61 Å². The van der Waals surface area contributed by atoms with Gasteiger partial charge in [-0.3, -0.25) is 14.6 Å². The minimum atomic E-state index is -0.529. The predicted molar refractivity (Wildman–Crippen MR) is 154 cm³/mol. The van der Waals surface area contributed by atoms with Crippen molar-refractivity contribution >= 4 is 17.5 Å². The van der Waals surface area contributed by atoms with Crippen LogP contribution in [0.15, 0.2) is 72.8 Å². The van der Waals surface area contributed by atoms with Crippen molar-refractivity contribution in [3.8, 4) is 11.1 Å². The molecule has 5 rings (SSSR count). The molecule has 2 N–H and O–H groups in total. The van der Waals surface area contributed by atoms with Crippen molar-refractivity contribution in [3.63, 3.8) is 0 Å². The van der Waals surface area contributed by atoms with Gasteiger partial charge >= 0.3 is 6.03 Å². The summed E-state index contributed by atoms with van der Waals surface area (Å²) in [5, 5.41) is 18.7. The number of carbonyl (C=O) groups excluding carboxylic acids is 2. The number of hydrogen-bond acceptors (Lipinski definition) is 6. The molecular formula is C32H37N3O5. The number of morpholine rings is 1. The van der Waals surface area contributed by atoms with Crippen LogP contribution in [0.1, 0.15) is 34.3 Å². The van der Waals surface area contributed by atoms with Gasteiger partial charge in [-0.25, -0.2) is 4.79 Å². The number of likely N-dealkylation sites (tertiary alicyclic amines) is 1. The Balaban J connectivity index is 1.32. The van der Waals surface area contributed by atoms with Crippen molar-refractivity contribution in [2.75, 3.05) is 51.0 Å². The largest absolute Gasteiger partial charge is 0.395 e. The van der Waals surface area contributed by atoms with Crippen LogP contribution < -0.4 is 4.90 Å². The fourth-order valence-electron chi connectivity index (χ4n) is 5.45. The number of ether oxygens (including phenoxy) is 1. The lowest BCUT2D eigenvalue weighted by Gasteiger charge is -2.33. The number of benzene rings is 3. The highest BCUT2D eigenvalue weighted by atomic mass is 16.5. The van der Waals surface area contributed by atoms with Crippen LogP contribution in [0.2, 0.25) is 0 Å². The lowest BCUT2D eigenvalue weighted by molar-refractivity contribution is 0.0548. The highest BCUT2D eigenvalue weighted by Crippen LogP contribution is 2.27. The summed E-state index contributed by atoms with van der Waals surface area (Å²) in [5.74, 6) is -0.332. The van der Waals surface area contributed by atoms with E-state index in [9.17, 15) is 14.7 Å². The minimum Gasteiger partial charge on any atom is -0.395 e. The Labute approximate surface area is 235 Å². The van der Waals surface area contributed by atoms with E-state index >= 15 is 0 Å². The first-order valence-corrected chi connectivity index (χ1v) is 14.0. The van der Waals surface area contributed by atoms with E-state index in [1.807, 2.05) is 41.3 Å². The summed E-state index contributed by atoms with van der Waals surface area (Å²) in [6.45, 7) is 4.03. The van der Waals surface area contributed by atoms with E-state index in [0.717, 1.165) is 48.3 Å². The topological polar surface area (TPSA) is 93.5 Å². The Bertz CT molecular complexity index is 1270. The molecule has 1 atom stereocenters. The summed E-state index contributed by atoms with van der Waals surface area (Å²) in [6.07, 6.45) is 2.19. The summed E-state index contributed by atoms with van der Waals surface area (Å²) in [4.78, 5) is 31.3. The molecule has 40 heavy (non-hydrogen) atoms. The van der Waals surface area contributed by atoms with Crippen LogP contribution in [0, 0.1) is 0 Å². The lowest BCUT2D eigenvalue weighted by atomic mass is 10.0. The molecule has 8 nitrogen and oxygen atoms in total. The Morgan fingerprint density at radius 1 is 0.825 bits per heavy atom. The maximum absolute atomic E-state index is 13.6. The lowest BCUT2D eigenvalue weighted by Crippen LogP contribution is -2.48. The van der Waals surface area contributed by atoms with E-state index in [-0.39, 0.29) is 24.5 Å². The Morgan fingerprint density at radius 3 is 2.08 bits per heavy atom. The highest BCUT2D eigenvalue weighted by Gasteiger charge is 2.25. The fraction of sp³-hybridized carbons (Fsp3) is 0.375. The van der Waals surface area contributed by atoms with Gasteiger partial charge in [-0.05, 0) is 53.8 Å². The first-order valence-electron chi connectivity index (χ1n) is 14.0. The number of aliphatic hydroxyl groups is 2. The molecule has 0 bridgehead atoms. The monoisotopic (exact) mass is 543 g/mol. The van der Waals surface area contributed by atoms with Crippen molar-refractivity contribution in [3.05, 3.63) is 89.5 Å². The molecule has 0 aromatic heterocycles. The molecule has 2 heterocycles. The molecule has 3 aromatic rings. The van der Waals surface area contributed by atoms with E-state index < -0.39 is 6.61 Å². The standard InChI is InChI=1S/C32H37N3O5/c36-22-30-2-1-15-34(30)20-24-3-7-26(8-4-24)27-11-13-29(14-12-27)35(32(39)33-16-18-40-19-17-33)21-25-5-9-28(10-6-25)31(38)23-37/h3-14,30,36-37H,1-2,15-23H2/t30-/m0/s1. The third kappa shape index (κ3) is 6.59. The molecule has 0 aliphatic carbocycles. The number of nitrogens with zero attached hydrogens (tertiary/aromatic N) is 3. The fourth-order valence-corrected chi connectivity index (χ4v) is 5.45. The maximum atomic E-state index is 13.6. The van der Waals surface area contributed by atoms with E-state index in [2.05, 4.69) is 29.2 Å². The minimum absolute atomic E-state index is 0.0842. The van der Waals surface area contributed by atoms with Crippen LogP contribution in [0.5, 0.6) is 0 Å². The van der Waals surface area contributed by atoms with Gasteiger partial charge in [0.2, 0.25) is 0 Å². The molecule has 2 amide bonds. The SMILES string of the molecule is O=C(CO)c1ccc(CN(C(=O)N2CCOCC2)c2ccc(-c3ccc(CN4CCC[C@H]4CO)cc3)cc2)cc1. The van der Waals surface area contributed by atoms with Crippen LogP contribution in [-0.4, -0.2) is 83.9 Å². The zero-order valence-corrected chi connectivity index (χ0v) is 22.7. The number of anilines is 1. The van der Waals surface area contributed by atoms with Gasteiger partial charge < -0.3 is 19.8 Å². The van der Waals surface area contributed by atoms with Crippen LogP contribution in [0.4, 0.5) is 10.5 Å². The van der Waals surface area contributed by atoms with E-state index in [1.54, 1.807) is 17.0 Å². The van der Waals surface area contributed by atoms with Gasteiger partial charge in [0.15, 0.2) is 5.78 Å². The van der Waals surface area contributed by atoms with Crippen LogP contribution in [-0.2, 0) is 17.8 Å². The molecule has 2 fully saturated rings. The number of Topliss-reactive ketones (excluding diaryl/α,β-unsaturated/α-hetero) is 1. The zero-order chi connectivity index (χ0) is 27.9. The number of amides is 2. The van der Waals surface area contributed by atoms with Crippen molar-refractivity contribution < 1.29 is 24.5 Å². The van der Waals surface area contributed by atoms with Gasteiger partial charge in [-0.15, -0.1) is 0 Å². The second-order valence-corrected chi connectivity index (χ2v) is 10.4. The normalized spacial score (nSPS) is 17.6. The van der Waals surface area contributed by atoms with Crippen molar-refractivity contribution in [2.45, 2.75) is 32.0 Å². The van der Waals surface area contributed by atoms with E-state index in [4.69, 9.17) is 9.84 Å². The molecule has 0 saturated carbocycles. The highest BCUT2D eigenvalue weighted by molar-refractivity contribution is 5.97. The van der Waals surface area contributed by atoms with Gasteiger partial charge in [0, 0.05) is 36.9 Å². The molecule has 0 spiro atoms. The summed E-state index contributed by atoms with van der Waals surface area (Å²) >= 11 is 0. The molecule has 210 valence electrons. The van der Waals surface area contributed by atoms with Crippen LogP contribution in [0.25, 0.3) is 11.1 Å². The van der Waals surface area contributed by atoms with E-state index in [1.165, 1.54) is 5.56 Å². The maximum Gasteiger partial charge on any atom is 0.324 e. The molecule has 8 heteroatoms. The van der Waals surface area contributed by atoms with Gasteiger partial charge in [-0.1, -0.05) is 60.7 Å². The number of hydrogen-bond donors (Lipinski definition) is 2. The van der Waals surface area contributed by atoms with Gasteiger partial charge in [0.25, 0.3) is 0 Å². The average molecular weight is 544 g/mol. The Morgan fingerprint density at radius 2 is 1.45 bits per heavy atom. The summed E-state index contributed by atoms with van der Waals surface area (Å²) in [7, 11) is 0. The predicted octanol–water partition coefficient (Wildman–Crippen LogP) is 3.94. The molecule has 2 saturated heterocycles.